The smallest absolute Gasteiger partial charge is 0.145 e. The average molecular weight is 437 g/mol. The number of aromatic nitrogens is 4. The van der Waals surface area contributed by atoms with Crippen molar-refractivity contribution in [1.82, 2.24) is 19.5 Å². The summed E-state index contributed by atoms with van der Waals surface area (Å²) in [5, 5.41) is 2.42. The van der Waals surface area contributed by atoms with Crippen molar-refractivity contribution in [3.8, 4) is 0 Å². The van der Waals surface area contributed by atoms with Gasteiger partial charge in [-0.1, -0.05) is 50.9 Å². The van der Waals surface area contributed by atoms with Gasteiger partial charge in [-0.15, -0.1) is 0 Å². The molecular weight excluding hydrogens is 408 g/mol. The molecule has 0 fully saturated rings. The van der Waals surface area contributed by atoms with E-state index < -0.39 is 0 Å². The molecule has 31 heavy (non-hydrogen) atoms. The van der Waals surface area contributed by atoms with E-state index in [2.05, 4.69) is 64.7 Å². The average Bonchev–Trinajstić information content (AvgIpc) is 3.17. The summed E-state index contributed by atoms with van der Waals surface area (Å²) in [6.07, 6.45) is 6.75. The summed E-state index contributed by atoms with van der Waals surface area (Å²) in [4.78, 5) is 13.0. The maximum Gasteiger partial charge on any atom is 0.145 e. The Bertz CT molecular complexity index is 1230. The van der Waals surface area contributed by atoms with Gasteiger partial charge in [0.2, 0.25) is 0 Å². The third-order valence-corrected chi connectivity index (χ3v) is 7.21. The van der Waals surface area contributed by atoms with Gasteiger partial charge >= 0.3 is 0 Å². The maximum atomic E-state index is 6.10. The lowest BCUT2D eigenvalue weighted by Gasteiger charge is -2.35. The first-order valence-corrected chi connectivity index (χ1v) is 11.1. The van der Waals surface area contributed by atoms with Crippen molar-refractivity contribution in [3.05, 3.63) is 53.4 Å². The lowest BCUT2D eigenvalue weighted by Crippen LogP contribution is -2.29. The van der Waals surface area contributed by atoms with E-state index in [1.54, 1.807) is 0 Å². The second-order valence-corrected chi connectivity index (χ2v) is 9.16. The van der Waals surface area contributed by atoms with Crippen molar-refractivity contribution >= 4 is 45.2 Å². The molecule has 4 rings (SSSR count). The summed E-state index contributed by atoms with van der Waals surface area (Å²) in [5.41, 5.74) is 15.1. The summed E-state index contributed by atoms with van der Waals surface area (Å²) >= 11 is 6.10. The van der Waals surface area contributed by atoms with Crippen LogP contribution in [-0.2, 0) is 13.0 Å². The Balaban J connectivity index is 1.51. The Morgan fingerprint density at radius 2 is 1.94 bits per heavy atom. The van der Waals surface area contributed by atoms with Gasteiger partial charge in [0.15, 0.2) is 0 Å². The first-order chi connectivity index (χ1) is 14.8. The van der Waals surface area contributed by atoms with Crippen LogP contribution in [0.5, 0.6) is 0 Å². The van der Waals surface area contributed by atoms with Crippen LogP contribution in [0.2, 0.25) is 5.02 Å². The lowest BCUT2D eigenvalue weighted by atomic mass is 9.72. The molecule has 4 aromatic rings. The largest absolute Gasteiger partial charge is 0.383 e. The summed E-state index contributed by atoms with van der Waals surface area (Å²) in [6, 6.07) is 10.2. The van der Waals surface area contributed by atoms with Gasteiger partial charge in [0.05, 0.1) is 15.9 Å². The zero-order valence-corrected chi connectivity index (χ0v) is 19.0. The monoisotopic (exact) mass is 436 g/mol. The van der Waals surface area contributed by atoms with Gasteiger partial charge in [-0.3, -0.25) is 0 Å². The normalized spacial score (nSPS) is 14.7. The first kappa shape index (κ1) is 21.4. The van der Waals surface area contributed by atoms with Crippen LogP contribution in [0.25, 0.3) is 21.9 Å². The van der Waals surface area contributed by atoms with Gasteiger partial charge in [0.25, 0.3) is 0 Å². The van der Waals surface area contributed by atoms with Crippen molar-refractivity contribution in [2.24, 2.45) is 11.3 Å². The van der Waals surface area contributed by atoms with Gasteiger partial charge in [-0.2, -0.15) is 0 Å². The van der Waals surface area contributed by atoms with E-state index in [4.69, 9.17) is 23.1 Å². The van der Waals surface area contributed by atoms with E-state index in [9.17, 15) is 0 Å². The van der Waals surface area contributed by atoms with Gasteiger partial charge in [0, 0.05) is 18.1 Å². The molecule has 162 valence electrons. The Morgan fingerprint density at radius 3 is 2.71 bits per heavy atom. The van der Waals surface area contributed by atoms with Crippen molar-refractivity contribution < 1.29 is 0 Å². The number of benzene rings is 1. The predicted octanol–water partition coefficient (Wildman–Crippen LogP) is 5.48. The minimum absolute atomic E-state index is 0.177. The first-order valence-electron chi connectivity index (χ1n) is 10.7. The van der Waals surface area contributed by atoms with Crippen LogP contribution in [-0.4, -0.2) is 19.5 Å². The van der Waals surface area contributed by atoms with Crippen LogP contribution in [0.4, 0.5) is 11.6 Å². The fourth-order valence-corrected chi connectivity index (χ4v) is 4.40. The number of halogens is 1. The molecule has 1 unspecified atom stereocenters. The van der Waals surface area contributed by atoms with Crippen LogP contribution in [0, 0.1) is 11.3 Å². The summed E-state index contributed by atoms with van der Waals surface area (Å²) in [6.45, 7) is 7.86. The van der Waals surface area contributed by atoms with Gasteiger partial charge in [-0.05, 0) is 47.9 Å². The Hall–Kier alpha value is -2.86. The van der Waals surface area contributed by atoms with E-state index in [0.717, 1.165) is 47.7 Å². The predicted molar refractivity (Wildman–Crippen MR) is 129 cm³/mol. The molecule has 0 saturated carbocycles. The molecule has 0 saturated heterocycles. The molecule has 3 aromatic heterocycles. The van der Waals surface area contributed by atoms with Gasteiger partial charge in [-0.25, -0.2) is 15.0 Å². The second kappa shape index (κ2) is 8.35. The number of nitrogens with two attached hydrogens (primary N) is 2. The number of aryl methyl sites for hydroxylation is 1. The molecule has 0 aliphatic carbocycles. The Kier molecular flexibility index (Phi) is 5.75. The highest BCUT2D eigenvalue weighted by Gasteiger charge is 2.29. The number of nitrogens with zero attached hydrogens (tertiary/aromatic N) is 4. The van der Waals surface area contributed by atoms with Crippen LogP contribution in [0.15, 0.2) is 42.9 Å². The molecule has 0 aliphatic rings. The van der Waals surface area contributed by atoms with Crippen molar-refractivity contribution in [3.63, 3.8) is 0 Å². The van der Waals surface area contributed by atoms with Crippen molar-refractivity contribution in [2.75, 3.05) is 11.5 Å². The van der Waals surface area contributed by atoms with Crippen LogP contribution < -0.4 is 11.5 Å². The zero-order chi connectivity index (χ0) is 22.2. The number of hydrogen-bond acceptors (Lipinski definition) is 5. The third-order valence-electron chi connectivity index (χ3n) is 6.90. The third kappa shape index (κ3) is 4.17. The molecule has 2 atom stereocenters. The highest BCUT2D eigenvalue weighted by atomic mass is 35.5. The van der Waals surface area contributed by atoms with Crippen LogP contribution >= 0.6 is 11.6 Å². The highest BCUT2D eigenvalue weighted by molar-refractivity contribution is 6.33. The summed E-state index contributed by atoms with van der Waals surface area (Å²) in [5.74, 6) is 1.36. The van der Waals surface area contributed by atoms with E-state index >= 15 is 0 Å². The van der Waals surface area contributed by atoms with Gasteiger partial charge < -0.3 is 16.0 Å². The number of anilines is 2. The lowest BCUT2D eigenvalue weighted by molar-refractivity contribution is 0.158. The molecule has 7 heteroatoms. The second-order valence-electron chi connectivity index (χ2n) is 8.76. The minimum atomic E-state index is 0.177. The number of pyridine rings is 1. The molecule has 0 aliphatic heterocycles. The molecule has 3 heterocycles. The van der Waals surface area contributed by atoms with Crippen LogP contribution in [0.3, 0.4) is 0 Å². The molecule has 4 N–H and O–H groups in total. The van der Waals surface area contributed by atoms with E-state index in [0.29, 0.717) is 22.6 Å². The molecule has 0 spiro atoms. The number of nitrogen functional groups attached to an aromatic ring is 2. The Morgan fingerprint density at radius 1 is 1.13 bits per heavy atom. The molecule has 0 radical (unpaired) electrons. The summed E-state index contributed by atoms with van der Waals surface area (Å²) < 4.78 is 2.19. The molecule has 6 nitrogen and oxygen atoms in total. The fourth-order valence-electron chi connectivity index (χ4n) is 4.24. The minimum Gasteiger partial charge on any atom is -0.383 e. The van der Waals surface area contributed by atoms with Gasteiger partial charge in [0.1, 0.15) is 23.6 Å². The molecular formula is C24H29ClN6. The number of hydrogen-bond donors (Lipinski definition) is 2. The standard InChI is InChI=1S/C24H29ClN6/c1-4-24(3,15(2)13-31-10-8-18-21(26)28-14-29-23(18)31)9-7-16-5-6-17-12-19(25)22(27)30-20(17)11-16/h5-6,8,10-12,14-15H,4,7,9,13H2,1-3H3,(H2,27,30)(H2,26,28,29)/t15?,24-/m1/s1. The fraction of sp³-hybridized carbons (Fsp3) is 0.375. The van der Waals surface area contributed by atoms with E-state index in [1.165, 1.54) is 11.9 Å². The number of fused-ring (bicyclic) bond motifs is 2. The Labute approximate surface area is 187 Å². The SMILES string of the molecule is CC[C@](C)(CCc1ccc2cc(Cl)c(N)nc2c1)C(C)Cn1ccc2c(N)ncnc21. The van der Waals surface area contributed by atoms with Crippen molar-refractivity contribution in [1.29, 1.82) is 0 Å². The van der Waals surface area contributed by atoms with E-state index in [1.807, 2.05) is 12.1 Å². The highest BCUT2D eigenvalue weighted by Crippen LogP contribution is 2.38. The maximum absolute atomic E-state index is 6.10. The number of rotatable bonds is 7. The van der Waals surface area contributed by atoms with E-state index in [-0.39, 0.29) is 5.41 Å². The molecule has 0 bridgehead atoms. The quantitative estimate of drug-likeness (QED) is 0.399. The zero-order valence-electron chi connectivity index (χ0n) is 18.3. The topological polar surface area (TPSA) is 95.6 Å². The van der Waals surface area contributed by atoms with Crippen LogP contribution in [0.1, 0.15) is 39.2 Å². The molecule has 0 amide bonds. The van der Waals surface area contributed by atoms with Crippen molar-refractivity contribution in [2.45, 2.75) is 46.6 Å². The summed E-state index contributed by atoms with van der Waals surface area (Å²) in [7, 11) is 0. The molecule has 1 aromatic carbocycles.